The molecular formula is C16H20ClF3N4O. The lowest BCUT2D eigenvalue weighted by atomic mass is 9.97. The molecule has 25 heavy (non-hydrogen) atoms. The van der Waals surface area contributed by atoms with E-state index in [-0.39, 0.29) is 22.9 Å². The summed E-state index contributed by atoms with van der Waals surface area (Å²) in [5.74, 6) is 0.413. The Bertz CT molecular complexity index is 634. The molecule has 1 amide bonds. The summed E-state index contributed by atoms with van der Waals surface area (Å²) in [5, 5.41) is 6.24. The fourth-order valence-corrected chi connectivity index (χ4v) is 3.58. The minimum atomic E-state index is -4.47. The first-order valence-electron chi connectivity index (χ1n) is 8.33. The monoisotopic (exact) mass is 376 g/mol. The van der Waals surface area contributed by atoms with E-state index in [9.17, 15) is 18.0 Å². The van der Waals surface area contributed by atoms with Crippen LogP contribution in [-0.2, 0) is 11.0 Å². The Morgan fingerprint density at radius 2 is 2.04 bits per heavy atom. The van der Waals surface area contributed by atoms with E-state index in [0.717, 1.165) is 44.6 Å². The van der Waals surface area contributed by atoms with Gasteiger partial charge in [-0.05, 0) is 38.4 Å². The Balaban J connectivity index is 1.60. The van der Waals surface area contributed by atoms with Crippen molar-refractivity contribution in [3.63, 3.8) is 0 Å². The SMILES string of the molecule is O=C(NC1CCN(c2ncc(C(F)(F)F)cc2Cl)C1)C1CCNCC1. The fourth-order valence-electron chi connectivity index (χ4n) is 3.29. The van der Waals surface area contributed by atoms with E-state index in [2.05, 4.69) is 15.6 Å². The van der Waals surface area contributed by atoms with Crippen LogP contribution in [0.3, 0.4) is 0 Å². The van der Waals surface area contributed by atoms with Gasteiger partial charge in [-0.3, -0.25) is 4.79 Å². The second kappa shape index (κ2) is 7.37. The van der Waals surface area contributed by atoms with Crippen molar-refractivity contribution in [3.8, 4) is 0 Å². The molecular weight excluding hydrogens is 357 g/mol. The maximum atomic E-state index is 12.7. The molecule has 1 aromatic rings. The van der Waals surface area contributed by atoms with Crippen LogP contribution in [0.5, 0.6) is 0 Å². The fraction of sp³-hybridized carbons (Fsp3) is 0.625. The van der Waals surface area contributed by atoms with Crippen molar-refractivity contribution in [2.75, 3.05) is 31.1 Å². The van der Waals surface area contributed by atoms with Gasteiger partial charge < -0.3 is 15.5 Å². The number of carbonyl (C=O) groups is 1. The first-order chi connectivity index (χ1) is 11.8. The Morgan fingerprint density at radius 1 is 1.32 bits per heavy atom. The summed E-state index contributed by atoms with van der Waals surface area (Å²) in [6.45, 7) is 2.78. The Morgan fingerprint density at radius 3 is 2.68 bits per heavy atom. The lowest BCUT2D eigenvalue weighted by Crippen LogP contribution is -2.43. The van der Waals surface area contributed by atoms with Crippen LogP contribution < -0.4 is 15.5 Å². The minimum absolute atomic E-state index is 0.0276. The van der Waals surface area contributed by atoms with Crippen LogP contribution in [0.4, 0.5) is 19.0 Å². The lowest BCUT2D eigenvalue weighted by Gasteiger charge is -2.24. The average Bonchev–Trinajstić information content (AvgIpc) is 3.03. The second-order valence-corrected chi connectivity index (χ2v) is 6.90. The molecule has 0 aliphatic carbocycles. The number of alkyl halides is 3. The van der Waals surface area contributed by atoms with E-state index in [1.165, 1.54) is 0 Å². The molecule has 0 saturated carbocycles. The molecule has 2 N–H and O–H groups in total. The summed E-state index contributed by atoms with van der Waals surface area (Å²) in [6, 6.07) is 0.854. The van der Waals surface area contributed by atoms with E-state index >= 15 is 0 Å². The number of halogens is 4. The molecule has 0 radical (unpaired) electrons. The number of carbonyl (C=O) groups excluding carboxylic acids is 1. The lowest BCUT2D eigenvalue weighted by molar-refractivity contribution is -0.137. The summed E-state index contributed by atoms with van der Waals surface area (Å²) in [5.41, 5.74) is -0.865. The van der Waals surface area contributed by atoms with E-state index in [0.29, 0.717) is 18.9 Å². The predicted molar refractivity (Wildman–Crippen MR) is 88.6 cm³/mol. The number of aromatic nitrogens is 1. The average molecular weight is 377 g/mol. The molecule has 1 atom stereocenters. The zero-order valence-corrected chi connectivity index (χ0v) is 14.3. The van der Waals surface area contributed by atoms with Gasteiger partial charge in [-0.25, -0.2) is 4.98 Å². The maximum Gasteiger partial charge on any atom is 0.417 e. The molecule has 1 aromatic heterocycles. The molecule has 1 unspecified atom stereocenters. The van der Waals surface area contributed by atoms with Crippen LogP contribution >= 0.6 is 11.6 Å². The van der Waals surface area contributed by atoms with Crippen molar-refractivity contribution in [2.45, 2.75) is 31.5 Å². The smallest absolute Gasteiger partial charge is 0.353 e. The van der Waals surface area contributed by atoms with Crippen LogP contribution in [0.15, 0.2) is 12.3 Å². The van der Waals surface area contributed by atoms with E-state index in [1.807, 2.05) is 4.90 Å². The van der Waals surface area contributed by atoms with Gasteiger partial charge in [-0.15, -0.1) is 0 Å². The van der Waals surface area contributed by atoms with Crippen LogP contribution in [0.25, 0.3) is 0 Å². The van der Waals surface area contributed by atoms with Crippen LogP contribution in [0.2, 0.25) is 5.02 Å². The van der Waals surface area contributed by atoms with Gasteiger partial charge in [0.1, 0.15) is 5.82 Å². The highest BCUT2D eigenvalue weighted by Crippen LogP contribution is 2.34. The number of anilines is 1. The van der Waals surface area contributed by atoms with Crippen molar-refractivity contribution in [1.29, 1.82) is 0 Å². The summed E-state index contributed by atoms with van der Waals surface area (Å²) in [6.07, 6.45) is -1.30. The Labute approximate surface area is 148 Å². The quantitative estimate of drug-likeness (QED) is 0.850. The third-order valence-corrected chi connectivity index (χ3v) is 4.97. The maximum absolute atomic E-state index is 12.7. The van der Waals surface area contributed by atoms with Crippen LogP contribution in [0.1, 0.15) is 24.8 Å². The number of nitrogens with one attached hydrogen (secondary N) is 2. The molecule has 2 aliphatic heterocycles. The van der Waals surface area contributed by atoms with Crippen LogP contribution in [0, 0.1) is 5.92 Å². The number of nitrogens with zero attached hydrogens (tertiary/aromatic N) is 2. The number of hydrogen-bond acceptors (Lipinski definition) is 4. The number of piperidine rings is 1. The molecule has 3 heterocycles. The summed E-state index contributed by atoms with van der Waals surface area (Å²) in [7, 11) is 0. The highest BCUT2D eigenvalue weighted by atomic mass is 35.5. The molecule has 2 saturated heterocycles. The van der Waals surface area contributed by atoms with Gasteiger partial charge in [-0.2, -0.15) is 13.2 Å². The van der Waals surface area contributed by atoms with Crippen LogP contribution in [-0.4, -0.2) is 43.1 Å². The van der Waals surface area contributed by atoms with Gasteiger partial charge in [-0.1, -0.05) is 11.6 Å². The second-order valence-electron chi connectivity index (χ2n) is 6.49. The van der Waals surface area contributed by atoms with Gasteiger partial charge in [0, 0.05) is 31.2 Å². The highest BCUT2D eigenvalue weighted by Gasteiger charge is 2.33. The summed E-state index contributed by atoms with van der Waals surface area (Å²) < 4.78 is 38.1. The van der Waals surface area contributed by atoms with Crippen molar-refractivity contribution in [2.24, 2.45) is 5.92 Å². The first kappa shape index (κ1) is 18.3. The van der Waals surface area contributed by atoms with Gasteiger partial charge in [0.15, 0.2) is 0 Å². The largest absolute Gasteiger partial charge is 0.417 e. The summed E-state index contributed by atoms with van der Waals surface area (Å²) in [4.78, 5) is 18.0. The zero-order valence-electron chi connectivity index (χ0n) is 13.6. The molecule has 138 valence electrons. The predicted octanol–water partition coefficient (Wildman–Crippen LogP) is 2.45. The highest BCUT2D eigenvalue weighted by molar-refractivity contribution is 6.33. The van der Waals surface area contributed by atoms with Gasteiger partial charge in [0.2, 0.25) is 5.91 Å². The molecule has 3 rings (SSSR count). The Kier molecular flexibility index (Phi) is 5.38. The third kappa shape index (κ3) is 4.36. The van der Waals surface area contributed by atoms with Crippen molar-refractivity contribution >= 4 is 23.3 Å². The van der Waals surface area contributed by atoms with Crippen molar-refractivity contribution in [1.82, 2.24) is 15.6 Å². The van der Waals surface area contributed by atoms with E-state index in [4.69, 9.17) is 11.6 Å². The van der Waals surface area contributed by atoms with Crippen molar-refractivity contribution in [3.05, 3.63) is 22.8 Å². The van der Waals surface area contributed by atoms with Gasteiger partial charge in [0.05, 0.1) is 10.6 Å². The number of hydrogen-bond donors (Lipinski definition) is 2. The number of amides is 1. The van der Waals surface area contributed by atoms with E-state index < -0.39 is 11.7 Å². The van der Waals surface area contributed by atoms with Gasteiger partial charge in [0.25, 0.3) is 0 Å². The standard InChI is InChI=1S/C16H20ClF3N4O/c17-13-7-11(16(18,19)20)8-22-14(13)24-6-3-12(9-24)23-15(25)10-1-4-21-5-2-10/h7-8,10,12,21H,1-6,9H2,(H,23,25). The molecule has 0 aromatic carbocycles. The molecule has 5 nitrogen and oxygen atoms in total. The molecule has 9 heteroatoms. The van der Waals surface area contributed by atoms with E-state index in [1.54, 1.807) is 0 Å². The first-order valence-corrected chi connectivity index (χ1v) is 8.71. The Hall–Kier alpha value is -1.54. The van der Waals surface area contributed by atoms with Gasteiger partial charge >= 0.3 is 6.18 Å². The molecule has 2 fully saturated rings. The topological polar surface area (TPSA) is 57.3 Å². The van der Waals surface area contributed by atoms with Crippen molar-refractivity contribution < 1.29 is 18.0 Å². The minimum Gasteiger partial charge on any atom is -0.353 e. The summed E-state index contributed by atoms with van der Waals surface area (Å²) >= 11 is 5.99. The molecule has 0 bridgehead atoms. The number of rotatable bonds is 3. The molecule has 2 aliphatic rings. The molecule has 0 spiro atoms. The normalized spacial score (nSPS) is 22.2. The third-order valence-electron chi connectivity index (χ3n) is 4.69. The number of pyridine rings is 1. The zero-order chi connectivity index (χ0) is 18.0.